The third-order valence-electron chi connectivity index (χ3n) is 12.7. The smallest absolute Gasteiger partial charge is 0.0657 e. The zero-order valence-corrected chi connectivity index (χ0v) is 42.7. The van der Waals surface area contributed by atoms with Crippen molar-refractivity contribution >= 4 is 50.1 Å². The molecule has 0 aromatic heterocycles. The molecule has 7 aromatic carbocycles. The molecule has 0 unspecified atom stereocenters. The van der Waals surface area contributed by atoms with Crippen LogP contribution >= 0.6 is 15.9 Å². The Balaban J connectivity index is 1.58. The summed E-state index contributed by atoms with van der Waals surface area (Å²) in [7, 11) is 0. The average molecular weight is 910 g/mol. The van der Waals surface area contributed by atoms with Crippen LogP contribution < -0.4 is 9.80 Å². The second kappa shape index (κ2) is 17.5. The van der Waals surface area contributed by atoms with Gasteiger partial charge in [0.25, 0.3) is 0 Å². The minimum atomic E-state index is -0.0351. The van der Waals surface area contributed by atoms with Crippen molar-refractivity contribution in [2.75, 3.05) is 9.80 Å². The third-order valence-corrected chi connectivity index (χ3v) is 13.5. The maximum absolute atomic E-state index is 4.40. The minimum Gasteiger partial charge on any atom is -0.309 e. The molecule has 0 N–H and O–H groups in total. The number of benzene rings is 7. The maximum atomic E-state index is 4.40. The van der Waals surface area contributed by atoms with E-state index in [2.05, 4.69) is 275 Å². The van der Waals surface area contributed by atoms with Crippen molar-refractivity contribution in [3.05, 3.63) is 189 Å². The molecule has 0 aliphatic carbocycles. The van der Waals surface area contributed by atoms with Crippen LogP contribution in [0.1, 0.15) is 122 Å². The maximum Gasteiger partial charge on any atom is 0.0657 e. The number of hydrogen-bond donors (Lipinski definition) is 0. The Labute approximate surface area is 394 Å². The van der Waals surface area contributed by atoms with Crippen LogP contribution in [0.2, 0.25) is 0 Å². The summed E-state index contributed by atoms with van der Waals surface area (Å²) >= 11 is 4.40. The van der Waals surface area contributed by atoms with Crippen LogP contribution in [0.5, 0.6) is 0 Å². The van der Waals surface area contributed by atoms with Crippen molar-refractivity contribution in [3.8, 4) is 22.3 Å². The Morgan fingerprint density at radius 2 is 0.641 bits per heavy atom. The first kappa shape index (κ1) is 46.6. The molecule has 0 heterocycles. The van der Waals surface area contributed by atoms with Gasteiger partial charge < -0.3 is 9.80 Å². The molecule has 64 heavy (non-hydrogen) atoms. The highest BCUT2D eigenvalue weighted by Gasteiger charge is 2.29. The predicted molar refractivity (Wildman–Crippen MR) is 283 cm³/mol. The van der Waals surface area contributed by atoms with Gasteiger partial charge in [-0.25, -0.2) is 0 Å². The largest absolute Gasteiger partial charge is 0.309 e. The number of nitrogens with zero attached hydrogens (tertiary/aromatic N) is 2. The third kappa shape index (κ3) is 9.67. The summed E-state index contributed by atoms with van der Waals surface area (Å²) in [5.41, 5.74) is 20.2. The normalized spacial score (nSPS) is 12.4. The summed E-state index contributed by atoms with van der Waals surface area (Å²) in [5, 5.41) is 0. The molecule has 0 saturated heterocycles. The van der Waals surface area contributed by atoms with Crippen LogP contribution in [0.25, 0.3) is 22.3 Å². The Kier molecular flexibility index (Phi) is 12.8. The summed E-state index contributed by atoms with van der Waals surface area (Å²) in [5.74, 6) is 0. The van der Waals surface area contributed by atoms with Gasteiger partial charge in [-0.15, -0.1) is 0 Å². The molecule has 0 radical (unpaired) electrons. The molecular weight excluding hydrogens is 841 g/mol. The van der Waals surface area contributed by atoms with Crippen molar-refractivity contribution in [2.24, 2.45) is 0 Å². The van der Waals surface area contributed by atoms with Crippen LogP contribution in [0, 0.1) is 20.8 Å². The topological polar surface area (TPSA) is 6.48 Å². The van der Waals surface area contributed by atoms with Crippen LogP contribution in [0.3, 0.4) is 0 Å². The summed E-state index contributed by atoms with van der Waals surface area (Å²) in [6.45, 7) is 34.2. The van der Waals surface area contributed by atoms with Gasteiger partial charge in [0.15, 0.2) is 0 Å². The van der Waals surface area contributed by atoms with Crippen LogP contribution in [-0.4, -0.2) is 0 Å². The predicted octanol–water partition coefficient (Wildman–Crippen LogP) is 18.8. The number of aryl methyl sites for hydroxylation is 3. The summed E-state index contributed by atoms with van der Waals surface area (Å²) in [6, 6.07) is 54.9. The van der Waals surface area contributed by atoms with E-state index in [1.165, 1.54) is 55.6 Å². The highest BCUT2D eigenvalue weighted by Crippen LogP contribution is 2.52. The molecule has 330 valence electrons. The van der Waals surface area contributed by atoms with Gasteiger partial charge in [-0.1, -0.05) is 168 Å². The minimum absolute atomic E-state index is 0.0154. The zero-order chi connectivity index (χ0) is 46.5. The Morgan fingerprint density at radius 1 is 0.328 bits per heavy atom. The fourth-order valence-electron chi connectivity index (χ4n) is 8.67. The monoisotopic (exact) mass is 908 g/mol. The lowest BCUT2D eigenvalue weighted by Crippen LogP contribution is -2.18. The number of halogens is 1. The lowest BCUT2D eigenvalue weighted by Gasteiger charge is -2.35. The molecule has 0 aliphatic rings. The second-order valence-corrected chi connectivity index (χ2v) is 22.8. The second-order valence-electron chi connectivity index (χ2n) is 22.0. The molecule has 0 bridgehead atoms. The van der Waals surface area contributed by atoms with E-state index >= 15 is 0 Å². The Morgan fingerprint density at radius 3 is 0.953 bits per heavy atom. The molecular formula is C61H69BrN2. The number of anilines is 6. The van der Waals surface area contributed by atoms with E-state index in [0.717, 1.165) is 44.2 Å². The molecule has 0 amide bonds. The van der Waals surface area contributed by atoms with Crippen LogP contribution in [0.4, 0.5) is 34.1 Å². The van der Waals surface area contributed by atoms with Gasteiger partial charge >= 0.3 is 0 Å². The fourth-order valence-corrected chi connectivity index (χ4v) is 9.25. The number of hydrogen-bond acceptors (Lipinski definition) is 2. The van der Waals surface area contributed by atoms with E-state index in [9.17, 15) is 0 Å². The highest BCUT2D eigenvalue weighted by atomic mass is 79.9. The number of rotatable bonds is 8. The van der Waals surface area contributed by atoms with Crippen LogP contribution in [0.15, 0.2) is 150 Å². The van der Waals surface area contributed by atoms with E-state index in [1.807, 2.05) is 0 Å². The van der Waals surface area contributed by atoms with E-state index < -0.39 is 0 Å². The van der Waals surface area contributed by atoms with Gasteiger partial charge in [0, 0.05) is 22.5 Å². The van der Waals surface area contributed by atoms with Gasteiger partial charge in [0.1, 0.15) is 0 Å². The van der Waals surface area contributed by atoms with E-state index in [0.29, 0.717) is 0 Å². The molecule has 7 rings (SSSR count). The standard InChI is InChI=1S/C61H69BrN2/c1-40-36-55(63(47-30-24-43(25-31-47)58(4,5)6)53-34-28-45(60(10,11)12)38-51(53)49-22-18-16-20-41(49)2)57(62)56(37-40)64(48-32-26-44(27-33-48)59(7,8)9)54-35-29-46(61(13,14)15)39-52(54)50-23-19-17-21-42(50)3/h16-39H,1-15H3. The van der Waals surface area contributed by atoms with E-state index in [4.69, 9.17) is 0 Å². The van der Waals surface area contributed by atoms with Gasteiger partial charge in [0.2, 0.25) is 0 Å². The molecule has 2 nitrogen and oxygen atoms in total. The Bertz CT molecular complexity index is 2590. The SMILES string of the molecule is Cc1cc(N(c2ccc(C(C)(C)C)cc2)c2ccc(C(C)(C)C)cc2-c2ccccc2C)c(Br)c(N(c2ccc(C(C)(C)C)cc2)c2ccc(C(C)(C)C)cc2-c2ccccc2C)c1. The first-order chi connectivity index (χ1) is 29.9. The van der Waals surface area contributed by atoms with Crippen molar-refractivity contribution in [3.63, 3.8) is 0 Å². The fraction of sp³-hybridized carbons (Fsp3) is 0.311. The molecule has 0 fully saturated rings. The summed E-state index contributed by atoms with van der Waals surface area (Å²) in [4.78, 5) is 4.96. The molecule has 0 aliphatic heterocycles. The van der Waals surface area contributed by atoms with E-state index in [1.54, 1.807) is 0 Å². The molecule has 0 atom stereocenters. The average Bonchev–Trinajstić information content (AvgIpc) is 3.22. The van der Waals surface area contributed by atoms with Crippen molar-refractivity contribution in [1.29, 1.82) is 0 Å². The van der Waals surface area contributed by atoms with E-state index in [-0.39, 0.29) is 21.7 Å². The quantitative estimate of drug-likeness (QED) is 0.150. The van der Waals surface area contributed by atoms with Gasteiger partial charge in [-0.2, -0.15) is 0 Å². The van der Waals surface area contributed by atoms with Gasteiger partial charge in [-0.05, 0) is 169 Å². The van der Waals surface area contributed by atoms with Crippen molar-refractivity contribution < 1.29 is 0 Å². The lowest BCUT2D eigenvalue weighted by molar-refractivity contribution is 0.590. The van der Waals surface area contributed by atoms with Gasteiger partial charge in [0.05, 0.1) is 27.2 Å². The van der Waals surface area contributed by atoms with Crippen molar-refractivity contribution in [1.82, 2.24) is 0 Å². The summed E-state index contributed by atoms with van der Waals surface area (Å²) in [6.07, 6.45) is 0. The van der Waals surface area contributed by atoms with Crippen LogP contribution in [-0.2, 0) is 21.7 Å². The first-order valence-corrected chi connectivity index (χ1v) is 23.8. The molecule has 0 saturated carbocycles. The molecule has 7 aromatic rings. The van der Waals surface area contributed by atoms with Gasteiger partial charge in [-0.3, -0.25) is 0 Å². The Hall–Kier alpha value is -5.38. The molecule has 3 heteroatoms. The first-order valence-electron chi connectivity index (χ1n) is 23.0. The molecule has 0 spiro atoms. The summed E-state index contributed by atoms with van der Waals surface area (Å²) < 4.78 is 1.00. The lowest BCUT2D eigenvalue weighted by atomic mass is 9.84. The van der Waals surface area contributed by atoms with Crippen molar-refractivity contribution in [2.45, 2.75) is 126 Å². The zero-order valence-electron chi connectivity index (χ0n) is 41.1. The highest BCUT2D eigenvalue weighted by molar-refractivity contribution is 9.10.